The van der Waals surface area contributed by atoms with Gasteiger partial charge in [-0.05, 0) is 44.0 Å². The zero-order chi connectivity index (χ0) is 13.7. The Morgan fingerprint density at radius 1 is 1.37 bits per heavy atom. The van der Waals surface area contributed by atoms with Gasteiger partial charge in [0.05, 0.1) is 12.7 Å². The van der Waals surface area contributed by atoms with Gasteiger partial charge in [-0.15, -0.1) is 0 Å². The molecule has 2 rings (SSSR count). The summed E-state index contributed by atoms with van der Waals surface area (Å²) in [5.41, 5.74) is 6.31. The molecule has 19 heavy (non-hydrogen) atoms. The molecule has 1 aliphatic carbocycles. The zero-order valence-corrected chi connectivity index (χ0v) is 11.3. The quantitative estimate of drug-likeness (QED) is 0.847. The number of hydrogen-bond donors (Lipinski definition) is 1. The number of benzene rings is 1. The zero-order valence-electron chi connectivity index (χ0n) is 11.3. The molecule has 2 atom stereocenters. The second-order valence-electron chi connectivity index (χ2n) is 4.96. The number of carbonyl (C=O) groups excluding carboxylic acids is 1. The van der Waals surface area contributed by atoms with Crippen molar-refractivity contribution < 1.29 is 14.3 Å². The van der Waals surface area contributed by atoms with Gasteiger partial charge in [0.25, 0.3) is 0 Å². The fraction of sp³-hybridized carbons (Fsp3) is 0.533. The molecule has 2 unspecified atom stereocenters. The Kier molecular flexibility index (Phi) is 4.80. The minimum Gasteiger partial charge on any atom is -0.490 e. The molecule has 0 aliphatic heterocycles. The summed E-state index contributed by atoms with van der Waals surface area (Å²) < 4.78 is 10.7. The Balaban J connectivity index is 2.07. The summed E-state index contributed by atoms with van der Waals surface area (Å²) in [4.78, 5) is 11.5. The minimum absolute atomic E-state index is 0.159. The van der Waals surface area contributed by atoms with Crippen molar-refractivity contribution in [1.82, 2.24) is 0 Å². The molecule has 1 saturated carbocycles. The fourth-order valence-electron chi connectivity index (χ4n) is 2.59. The molecule has 2 N–H and O–H groups in total. The van der Waals surface area contributed by atoms with E-state index >= 15 is 0 Å². The third kappa shape index (κ3) is 3.47. The van der Waals surface area contributed by atoms with E-state index in [1.54, 1.807) is 12.1 Å². The van der Waals surface area contributed by atoms with Gasteiger partial charge >= 0.3 is 5.97 Å². The highest BCUT2D eigenvalue weighted by molar-refractivity contribution is 5.89. The summed E-state index contributed by atoms with van der Waals surface area (Å²) >= 11 is 0. The number of hydrogen-bond acceptors (Lipinski definition) is 4. The highest BCUT2D eigenvalue weighted by Gasteiger charge is 2.25. The van der Waals surface area contributed by atoms with E-state index in [1.165, 1.54) is 20.0 Å². The number of rotatable bonds is 4. The van der Waals surface area contributed by atoms with Crippen LogP contribution in [0.4, 0.5) is 0 Å². The van der Waals surface area contributed by atoms with Gasteiger partial charge in [0.15, 0.2) is 0 Å². The van der Waals surface area contributed by atoms with Crippen LogP contribution in [0.2, 0.25) is 0 Å². The van der Waals surface area contributed by atoms with Crippen molar-refractivity contribution in [2.24, 2.45) is 11.7 Å². The van der Waals surface area contributed by atoms with Gasteiger partial charge in [0, 0.05) is 5.92 Å². The van der Waals surface area contributed by atoms with Crippen LogP contribution in [0.1, 0.15) is 36.0 Å². The van der Waals surface area contributed by atoms with E-state index in [2.05, 4.69) is 0 Å². The van der Waals surface area contributed by atoms with Gasteiger partial charge in [-0.1, -0.05) is 12.5 Å². The summed E-state index contributed by atoms with van der Waals surface area (Å²) in [6.45, 7) is 0.654. The summed E-state index contributed by atoms with van der Waals surface area (Å²) in [5.74, 6) is 0.785. The van der Waals surface area contributed by atoms with Crippen LogP contribution in [-0.2, 0) is 4.74 Å². The maximum Gasteiger partial charge on any atom is 0.337 e. The Hall–Kier alpha value is -1.55. The Morgan fingerprint density at radius 3 is 2.89 bits per heavy atom. The molecule has 0 bridgehead atoms. The monoisotopic (exact) mass is 263 g/mol. The first-order valence-electron chi connectivity index (χ1n) is 6.79. The lowest BCUT2D eigenvalue weighted by Crippen LogP contribution is -2.35. The van der Waals surface area contributed by atoms with Crippen molar-refractivity contribution in [2.75, 3.05) is 13.7 Å². The van der Waals surface area contributed by atoms with Crippen LogP contribution < -0.4 is 10.5 Å². The SMILES string of the molecule is COC(=O)c1cccc(OC2CCCCC2CN)c1. The van der Waals surface area contributed by atoms with Crippen LogP contribution in [0.5, 0.6) is 5.75 Å². The molecular weight excluding hydrogens is 242 g/mol. The molecule has 0 saturated heterocycles. The van der Waals surface area contributed by atoms with Crippen LogP contribution in [-0.4, -0.2) is 25.7 Å². The highest BCUT2D eigenvalue weighted by atomic mass is 16.5. The fourth-order valence-corrected chi connectivity index (χ4v) is 2.59. The largest absolute Gasteiger partial charge is 0.490 e. The summed E-state index contributed by atoms with van der Waals surface area (Å²) in [6, 6.07) is 7.13. The lowest BCUT2D eigenvalue weighted by atomic mass is 9.86. The molecule has 1 aliphatic rings. The average Bonchev–Trinajstić information content (AvgIpc) is 2.47. The molecule has 104 valence electrons. The first-order chi connectivity index (χ1) is 9.24. The third-order valence-electron chi connectivity index (χ3n) is 3.68. The molecular formula is C15H21NO3. The van der Waals surface area contributed by atoms with E-state index in [4.69, 9.17) is 15.2 Å². The van der Waals surface area contributed by atoms with Gasteiger partial charge in [-0.3, -0.25) is 0 Å². The van der Waals surface area contributed by atoms with Crippen molar-refractivity contribution >= 4 is 5.97 Å². The standard InChI is InChI=1S/C15H21NO3/c1-18-15(17)11-6-4-7-13(9-11)19-14-8-3-2-5-12(14)10-16/h4,6-7,9,12,14H,2-3,5,8,10,16H2,1H3. The van der Waals surface area contributed by atoms with Crippen molar-refractivity contribution in [1.29, 1.82) is 0 Å². The average molecular weight is 263 g/mol. The molecule has 0 amide bonds. The number of nitrogens with two attached hydrogens (primary N) is 1. The lowest BCUT2D eigenvalue weighted by molar-refractivity contribution is 0.0598. The molecule has 0 radical (unpaired) electrons. The van der Waals surface area contributed by atoms with Crippen molar-refractivity contribution in [2.45, 2.75) is 31.8 Å². The molecule has 1 aromatic carbocycles. The van der Waals surface area contributed by atoms with E-state index in [0.717, 1.165) is 12.8 Å². The number of esters is 1. The van der Waals surface area contributed by atoms with Gasteiger partial charge in [-0.2, -0.15) is 0 Å². The Morgan fingerprint density at radius 2 is 2.16 bits per heavy atom. The number of methoxy groups -OCH3 is 1. The Labute approximate surface area is 113 Å². The first kappa shape index (κ1) is 13.9. The van der Waals surface area contributed by atoms with Crippen LogP contribution in [0.25, 0.3) is 0 Å². The van der Waals surface area contributed by atoms with Crippen LogP contribution in [0.15, 0.2) is 24.3 Å². The molecule has 1 fully saturated rings. The number of carbonyl (C=O) groups is 1. The second kappa shape index (κ2) is 6.57. The number of ether oxygens (including phenoxy) is 2. The molecule has 4 nitrogen and oxygen atoms in total. The lowest BCUT2D eigenvalue weighted by Gasteiger charge is -2.31. The maximum absolute atomic E-state index is 11.5. The van der Waals surface area contributed by atoms with E-state index in [0.29, 0.717) is 23.8 Å². The Bertz CT molecular complexity index is 433. The normalized spacial score (nSPS) is 22.8. The summed E-state index contributed by atoms with van der Waals surface area (Å²) in [5, 5.41) is 0. The summed E-state index contributed by atoms with van der Waals surface area (Å²) in [7, 11) is 1.38. The van der Waals surface area contributed by atoms with E-state index < -0.39 is 0 Å². The predicted octanol–water partition coefficient (Wildman–Crippen LogP) is 2.37. The van der Waals surface area contributed by atoms with Gasteiger partial charge in [0.1, 0.15) is 11.9 Å². The summed E-state index contributed by atoms with van der Waals surface area (Å²) in [6.07, 6.45) is 4.72. The topological polar surface area (TPSA) is 61.5 Å². The van der Waals surface area contributed by atoms with Gasteiger partial charge in [-0.25, -0.2) is 4.79 Å². The maximum atomic E-state index is 11.5. The van der Waals surface area contributed by atoms with Crippen molar-refractivity contribution in [3.8, 4) is 5.75 Å². The molecule has 0 aromatic heterocycles. The molecule has 0 spiro atoms. The first-order valence-corrected chi connectivity index (χ1v) is 6.79. The third-order valence-corrected chi connectivity index (χ3v) is 3.68. The van der Waals surface area contributed by atoms with Crippen LogP contribution in [0.3, 0.4) is 0 Å². The van der Waals surface area contributed by atoms with Crippen LogP contribution in [0, 0.1) is 5.92 Å². The molecule has 1 aromatic rings. The van der Waals surface area contributed by atoms with Crippen LogP contribution >= 0.6 is 0 Å². The predicted molar refractivity (Wildman–Crippen MR) is 73.2 cm³/mol. The van der Waals surface area contributed by atoms with Gasteiger partial charge < -0.3 is 15.2 Å². The van der Waals surface area contributed by atoms with Crippen molar-refractivity contribution in [3.63, 3.8) is 0 Å². The minimum atomic E-state index is -0.343. The molecule has 0 heterocycles. The molecule has 4 heteroatoms. The smallest absolute Gasteiger partial charge is 0.337 e. The van der Waals surface area contributed by atoms with Gasteiger partial charge in [0.2, 0.25) is 0 Å². The van der Waals surface area contributed by atoms with E-state index in [1.807, 2.05) is 12.1 Å². The van der Waals surface area contributed by atoms with E-state index in [9.17, 15) is 4.79 Å². The van der Waals surface area contributed by atoms with Crippen molar-refractivity contribution in [3.05, 3.63) is 29.8 Å². The van der Waals surface area contributed by atoms with E-state index in [-0.39, 0.29) is 12.1 Å². The second-order valence-corrected chi connectivity index (χ2v) is 4.96. The highest BCUT2D eigenvalue weighted by Crippen LogP contribution is 2.28.